The Hall–Kier alpha value is -2.77. The monoisotopic (exact) mass is 440 g/mol. The van der Waals surface area contributed by atoms with E-state index < -0.39 is 0 Å². The zero-order chi connectivity index (χ0) is 22.3. The summed E-state index contributed by atoms with van der Waals surface area (Å²) in [4.78, 5) is 16.5. The van der Waals surface area contributed by atoms with Crippen LogP contribution in [0, 0.1) is 0 Å². The van der Waals surface area contributed by atoms with Crippen molar-refractivity contribution in [3.63, 3.8) is 0 Å². The fourth-order valence-corrected chi connectivity index (χ4v) is 4.46. The molecule has 2 aromatic carbocycles. The molecule has 2 aliphatic rings. The van der Waals surface area contributed by atoms with Crippen molar-refractivity contribution in [2.45, 2.75) is 18.9 Å². The number of benzene rings is 2. The first-order valence-corrected chi connectivity index (χ1v) is 11.2. The fourth-order valence-electron chi connectivity index (χ4n) is 4.46. The lowest BCUT2D eigenvalue weighted by Gasteiger charge is -2.26. The zero-order valence-electron chi connectivity index (χ0n) is 18.9. The Morgan fingerprint density at radius 3 is 2.53 bits per heavy atom. The minimum atomic E-state index is 0.00783. The quantitative estimate of drug-likeness (QED) is 0.629. The number of ether oxygens (including phenoxy) is 4. The summed E-state index contributed by atoms with van der Waals surface area (Å²) in [6.45, 7) is 5.45. The molecule has 1 atom stereocenters. The van der Waals surface area contributed by atoms with Gasteiger partial charge in [0.1, 0.15) is 5.75 Å². The van der Waals surface area contributed by atoms with Crippen molar-refractivity contribution >= 4 is 5.91 Å². The predicted octanol–water partition coefficient (Wildman–Crippen LogP) is 2.93. The van der Waals surface area contributed by atoms with Gasteiger partial charge in [-0.2, -0.15) is 0 Å². The summed E-state index contributed by atoms with van der Waals surface area (Å²) in [6.07, 6.45) is 1.09. The summed E-state index contributed by atoms with van der Waals surface area (Å²) < 4.78 is 22.1. The molecule has 7 nitrogen and oxygen atoms in total. The van der Waals surface area contributed by atoms with Gasteiger partial charge in [-0.15, -0.1) is 0 Å². The highest BCUT2D eigenvalue weighted by Gasteiger charge is 2.27. The summed E-state index contributed by atoms with van der Waals surface area (Å²) in [5.74, 6) is 2.78. The lowest BCUT2D eigenvalue weighted by atomic mass is 9.97. The average Bonchev–Trinajstić information content (AvgIpc) is 3.31. The fraction of sp³-hybridized carbons (Fsp3) is 0.480. The van der Waals surface area contributed by atoms with Gasteiger partial charge in [-0.25, -0.2) is 0 Å². The van der Waals surface area contributed by atoms with Gasteiger partial charge in [-0.3, -0.25) is 9.69 Å². The molecule has 0 bridgehead atoms. The van der Waals surface area contributed by atoms with Crippen molar-refractivity contribution in [3.8, 4) is 17.2 Å². The first-order chi connectivity index (χ1) is 15.7. The molecule has 0 saturated carbocycles. The van der Waals surface area contributed by atoms with E-state index in [9.17, 15) is 4.79 Å². The predicted molar refractivity (Wildman–Crippen MR) is 122 cm³/mol. The Balaban J connectivity index is 1.28. The molecule has 172 valence electrons. The van der Waals surface area contributed by atoms with Crippen LogP contribution in [0.5, 0.6) is 17.2 Å². The van der Waals surface area contributed by atoms with Gasteiger partial charge >= 0.3 is 0 Å². The van der Waals surface area contributed by atoms with Crippen LogP contribution in [0.4, 0.5) is 0 Å². The van der Waals surface area contributed by atoms with Crippen LogP contribution in [0.15, 0.2) is 42.5 Å². The number of morpholine rings is 1. The van der Waals surface area contributed by atoms with E-state index in [0.29, 0.717) is 32.2 Å². The maximum Gasteiger partial charge on any atom is 0.260 e. The third kappa shape index (κ3) is 5.34. The summed E-state index contributed by atoms with van der Waals surface area (Å²) in [5.41, 5.74) is 2.44. The highest BCUT2D eigenvalue weighted by molar-refractivity contribution is 5.77. The van der Waals surface area contributed by atoms with E-state index in [1.165, 1.54) is 11.1 Å². The molecule has 2 heterocycles. The van der Waals surface area contributed by atoms with Crippen LogP contribution >= 0.6 is 0 Å². The van der Waals surface area contributed by atoms with Crippen LogP contribution in [-0.4, -0.2) is 75.9 Å². The summed E-state index contributed by atoms with van der Waals surface area (Å²) in [7, 11) is 3.38. The van der Waals surface area contributed by atoms with E-state index in [1.807, 2.05) is 24.3 Å². The highest BCUT2D eigenvalue weighted by atomic mass is 16.5. The number of rotatable bonds is 8. The van der Waals surface area contributed by atoms with E-state index in [2.05, 4.69) is 23.1 Å². The van der Waals surface area contributed by atoms with E-state index in [1.54, 1.807) is 19.1 Å². The van der Waals surface area contributed by atoms with E-state index in [4.69, 9.17) is 18.9 Å². The molecule has 0 N–H and O–H groups in total. The third-order valence-electron chi connectivity index (χ3n) is 6.20. The number of methoxy groups -OCH3 is 2. The molecule has 0 aliphatic carbocycles. The molecule has 0 radical (unpaired) electrons. The zero-order valence-corrected chi connectivity index (χ0v) is 18.9. The molecule has 2 fully saturated rings. The normalized spacial score (nSPS) is 19.1. The van der Waals surface area contributed by atoms with Crippen molar-refractivity contribution < 1.29 is 23.7 Å². The number of hydrogen-bond acceptors (Lipinski definition) is 6. The molecule has 1 unspecified atom stereocenters. The Morgan fingerprint density at radius 1 is 1.03 bits per heavy atom. The molecule has 0 spiro atoms. The van der Waals surface area contributed by atoms with Gasteiger partial charge in [0, 0.05) is 37.7 Å². The topological polar surface area (TPSA) is 60.5 Å². The Morgan fingerprint density at radius 2 is 1.81 bits per heavy atom. The Labute approximate surface area is 189 Å². The molecule has 2 aliphatic heterocycles. The number of nitrogens with zero attached hydrogens (tertiary/aromatic N) is 2. The van der Waals surface area contributed by atoms with Crippen LogP contribution in [0.3, 0.4) is 0 Å². The van der Waals surface area contributed by atoms with Crippen molar-refractivity contribution in [2.24, 2.45) is 0 Å². The van der Waals surface area contributed by atoms with E-state index in [-0.39, 0.29) is 12.5 Å². The van der Waals surface area contributed by atoms with Crippen molar-refractivity contribution in [1.82, 2.24) is 9.80 Å². The molecule has 1 amide bonds. The maximum absolute atomic E-state index is 12.2. The summed E-state index contributed by atoms with van der Waals surface area (Å²) in [6, 6.07) is 14.2. The molecule has 4 rings (SSSR count). The Kier molecular flexibility index (Phi) is 7.50. The number of amides is 1. The lowest BCUT2D eigenvalue weighted by Crippen LogP contribution is -2.42. The van der Waals surface area contributed by atoms with Gasteiger partial charge in [0.2, 0.25) is 0 Å². The Bertz CT molecular complexity index is 896. The van der Waals surface area contributed by atoms with Crippen LogP contribution in [0.1, 0.15) is 23.5 Å². The van der Waals surface area contributed by atoms with Crippen LogP contribution in [0.25, 0.3) is 0 Å². The standard InChI is InChI=1S/C25H32N2O5/c1-29-23-5-3-4-22(25(23)30-2)20-10-11-26(17-20)16-19-6-8-21(9-7-19)32-18-24(28)27-12-14-31-15-13-27/h3-9,20H,10-18H2,1-2H3. The van der Waals surface area contributed by atoms with Gasteiger partial charge < -0.3 is 23.8 Å². The second kappa shape index (κ2) is 10.7. The van der Waals surface area contributed by atoms with Crippen LogP contribution < -0.4 is 14.2 Å². The van der Waals surface area contributed by atoms with Gasteiger partial charge in [0.25, 0.3) is 5.91 Å². The molecular weight excluding hydrogens is 408 g/mol. The SMILES string of the molecule is COc1cccc(C2CCN(Cc3ccc(OCC(=O)N4CCOCC4)cc3)C2)c1OC. The largest absolute Gasteiger partial charge is 0.493 e. The molecule has 2 saturated heterocycles. The maximum atomic E-state index is 12.2. The summed E-state index contributed by atoms with van der Waals surface area (Å²) in [5, 5.41) is 0. The molecule has 2 aromatic rings. The number of likely N-dealkylation sites (tertiary alicyclic amines) is 1. The van der Waals surface area contributed by atoms with Gasteiger partial charge in [-0.05, 0) is 36.7 Å². The number of carbonyl (C=O) groups excluding carboxylic acids is 1. The first kappa shape index (κ1) is 22.4. The van der Waals surface area contributed by atoms with E-state index in [0.717, 1.165) is 43.3 Å². The molecule has 32 heavy (non-hydrogen) atoms. The molecular formula is C25H32N2O5. The van der Waals surface area contributed by atoms with Crippen molar-refractivity contribution in [1.29, 1.82) is 0 Å². The highest BCUT2D eigenvalue weighted by Crippen LogP contribution is 2.39. The molecule has 0 aromatic heterocycles. The first-order valence-electron chi connectivity index (χ1n) is 11.2. The molecule has 7 heteroatoms. The van der Waals surface area contributed by atoms with Gasteiger partial charge in [-0.1, -0.05) is 24.3 Å². The van der Waals surface area contributed by atoms with Gasteiger partial charge in [0.05, 0.1) is 27.4 Å². The number of hydrogen-bond donors (Lipinski definition) is 0. The van der Waals surface area contributed by atoms with Crippen molar-refractivity contribution in [2.75, 3.05) is 60.2 Å². The average molecular weight is 441 g/mol. The van der Waals surface area contributed by atoms with E-state index >= 15 is 0 Å². The second-order valence-corrected chi connectivity index (χ2v) is 8.23. The minimum absolute atomic E-state index is 0.00783. The third-order valence-corrected chi connectivity index (χ3v) is 6.20. The summed E-state index contributed by atoms with van der Waals surface area (Å²) >= 11 is 0. The van der Waals surface area contributed by atoms with Crippen LogP contribution in [0.2, 0.25) is 0 Å². The van der Waals surface area contributed by atoms with Crippen LogP contribution in [-0.2, 0) is 16.1 Å². The smallest absolute Gasteiger partial charge is 0.260 e. The minimum Gasteiger partial charge on any atom is -0.493 e. The number of carbonyl (C=O) groups is 1. The second-order valence-electron chi connectivity index (χ2n) is 8.23. The van der Waals surface area contributed by atoms with Gasteiger partial charge in [0.15, 0.2) is 18.1 Å². The van der Waals surface area contributed by atoms with Crippen molar-refractivity contribution in [3.05, 3.63) is 53.6 Å². The lowest BCUT2D eigenvalue weighted by molar-refractivity contribution is -0.137. The number of para-hydroxylation sites is 1.